The molecule has 1 fully saturated rings. The summed E-state index contributed by atoms with van der Waals surface area (Å²) >= 11 is 0. The minimum absolute atomic E-state index is 0.731. The van der Waals surface area contributed by atoms with E-state index in [0.717, 1.165) is 57.8 Å². The Morgan fingerprint density at radius 3 is 2.38 bits per heavy atom. The Bertz CT molecular complexity index is 675. The highest BCUT2D eigenvalue weighted by atomic mass is 15.3. The zero-order valence-corrected chi connectivity index (χ0v) is 14.4. The lowest BCUT2D eigenvalue weighted by Crippen LogP contribution is -2.46. The van der Waals surface area contributed by atoms with Crippen LogP contribution in [0.5, 0.6) is 0 Å². The summed E-state index contributed by atoms with van der Waals surface area (Å²) in [5, 5.41) is 13.2. The van der Waals surface area contributed by atoms with Gasteiger partial charge >= 0.3 is 0 Å². The van der Waals surface area contributed by atoms with Crippen LogP contribution in [0, 0.1) is 11.3 Å². The maximum atomic E-state index is 8.86. The molecule has 0 radical (unpaired) electrons. The van der Waals surface area contributed by atoms with Crippen molar-refractivity contribution in [3.05, 3.63) is 53.3 Å². The molecule has 0 bridgehead atoms. The van der Waals surface area contributed by atoms with E-state index in [1.807, 2.05) is 23.0 Å². The number of hydrogen-bond donors (Lipinski definition) is 0. The van der Waals surface area contributed by atoms with Crippen molar-refractivity contribution in [3.63, 3.8) is 0 Å². The third kappa shape index (κ3) is 4.44. The average molecular weight is 323 g/mol. The second-order valence-electron chi connectivity index (χ2n) is 6.38. The summed E-state index contributed by atoms with van der Waals surface area (Å²) in [4.78, 5) is 5.03. The van der Waals surface area contributed by atoms with Crippen LogP contribution in [0.25, 0.3) is 0 Å². The van der Waals surface area contributed by atoms with E-state index in [-0.39, 0.29) is 0 Å². The quantitative estimate of drug-likeness (QED) is 0.817. The molecule has 0 atom stereocenters. The molecular weight excluding hydrogens is 298 g/mol. The smallest absolute Gasteiger partial charge is 0.0991 e. The third-order valence-electron chi connectivity index (χ3n) is 4.68. The summed E-state index contributed by atoms with van der Waals surface area (Å²) in [5.74, 6) is 0. The number of nitriles is 1. The van der Waals surface area contributed by atoms with E-state index in [0.29, 0.717) is 0 Å². The molecule has 5 heteroatoms. The Morgan fingerprint density at radius 2 is 1.75 bits per heavy atom. The van der Waals surface area contributed by atoms with Gasteiger partial charge in [0.1, 0.15) is 0 Å². The molecule has 3 rings (SSSR count). The topological polar surface area (TPSA) is 48.1 Å². The van der Waals surface area contributed by atoms with Crippen LogP contribution < -0.4 is 0 Å². The van der Waals surface area contributed by atoms with Gasteiger partial charge in [-0.25, -0.2) is 0 Å². The van der Waals surface area contributed by atoms with Gasteiger partial charge in [-0.1, -0.05) is 12.1 Å². The molecule has 2 aromatic rings. The highest BCUT2D eigenvalue weighted by Gasteiger charge is 2.16. The molecule has 0 amide bonds. The van der Waals surface area contributed by atoms with E-state index in [4.69, 9.17) is 5.26 Å². The maximum absolute atomic E-state index is 8.86. The second kappa shape index (κ2) is 8.09. The summed E-state index contributed by atoms with van der Waals surface area (Å²) < 4.78 is 1.99. The molecule has 0 saturated carbocycles. The Morgan fingerprint density at radius 1 is 1.04 bits per heavy atom. The molecule has 126 valence electrons. The van der Waals surface area contributed by atoms with Crippen molar-refractivity contribution >= 4 is 0 Å². The third-order valence-corrected chi connectivity index (χ3v) is 4.68. The van der Waals surface area contributed by atoms with Crippen molar-refractivity contribution < 1.29 is 0 Å². The molecule has 24 heavy (non-hydrogen) atoms. The molecule has 1 aliphatic rings. The number of aryl methyl sites for hydroxylation is 1. The SMILES string of the molecule is CCn1cc(CCN2CCN(Cc3ccc(C#N)cc3)CC2)cn1. The van der Waals surface area contributed by atoms with Crippen LogP contribution in [0.2, 0.25) is 0 Å². The number of piperazine rings is 1. The minimum atomic E-state index is 0.731. The highest BCUT2D eigenvalue weighted by molar-refractivity contribution is 5.31. The van der Waals surface area contributed by atoms with Crippen LogP contribution in [0.1, 0.15) is 23.6 Å². The highest BCUT2D eigenvalue weighted by Crippen LogP contribution is 2.10. The van der Waals surface area contributed by atoms with Crippen molar-refractivity contribution in [1.82, 2.24) is 19.6 Å². The predicted octanol–water partition coefficient (Wildman–Crippen LogP) is 2.13. The van der Waals surface area contributed by atoms with E-state index in [9.17, 15) is 0 Å². The maximum Gasteiger partial charge on any atom is 0.0991 e. The van der Waals surface area contributed by atoms with E-state index in [1.165, 1.54) is 11.1 Å². The molecule has 0 unspecified atom stereocenters. The Labute approximate surface area is 144 Å². The van der Waals surface area contributed by atoms with Gasteiger partial charge in [-0.05, 0) is 36.6 Å². The number of rotatable bonds is 6. The summed E-state index contributed by atoms with van der Waals surface area (Å²) in [6.07, 6.45) is 5.22. The summed E-state index contributed by atoms with van der Waals surface area (Å²) in [7, 11) is 0. The van der Waals surface area contributed by atoms with E-state index < -0.39 is 0 Å². The van der Waals surface area contributed by atoms with Gasteiger partial charge in [0.2, 0.25) is 0 Å². The van der Waals surface area contributed by atoms with Gasteiger partial charge in [-0.2, -0.15) is 10.4 Å². The minimum Gasteiger partial charge on any atom is -0.300 e. The summed E-state index contributed by atoms with van der Waals surface area (Å²) in [6, 6.07) is 10.1. The lowest BCUT2D eigenvalue weighted by molar-refractivity contribution is 0.128. The largest absolute Gasteiger partial charge is 0.300 e. The molecule has 1 aromatic heterocycles. The molecule has 0 N–H and O–H groups in total. The number of benzene rings is 1. The first-order valence-electron chi connectivity index (χ1n) is 8.72. The van der Waals surface area contributed by atoms with Crippen molar-refractivity contribution in [2.75, 3.05) is 32.7 Å². The molecular formula is C19H25N5. The van der Waals surface area contributed by atoms with E-state index in [1.54, 1.807) is 0 Å². The monoisotopic (exact) mass is 323 g/mol. The zero-order valence-electron chi connectivity index (χ0n) is 14.4. The van der Waals surface area contributed by atoms with Gasteiger partial charge in [0, 0.05) is 52.0 Å². The van der Waals surface area contributed by atoms with E-state index >= 15 is 0 Å². The van der Waals surface area contributed by atoms with Crippen molar-refractivity contribution in [1.29, 1.82) is 5.26 Å². The fraction of sp³-hybridized carbons (Fsp3) is 0.474. The average Bonchev–Trinajstić information content (AvgIpc) is 3.10. The lowest BCUT2D eigenvalue weighted by Gasteiger charge is -2.34. The first-order chi connectivity index (χ1) is 11.8. The fourth-order valence-corrected chi connectivity index (χ4v) is 3.11. The fourth-order valence-electron chi connectivity index (χ4n) is 3.11. The molecule has 0 spiro atoms. The Kier molecular flexibility index (Phi) is 5.63. The van der Waals surface area contributed by atoms with Crippen LogP contribution in [0.15, 0.2) is 36.7 Å². The second-order valence-corrected chi connectivity index (χ2v) is 6.38. The zero-order chi connectivity index (χ0) is 16.8. The van der Waals surface area contributed by atoms with Gasteiger partial charge in [0.15, 0.2) is 0 Å². The number of hydrogen-bond acceptors (Lipinski definition) is 4. The molecule has 2 heterocycles. The van der Waals surface area contributed by atoms with Gasteiger partial charge in [0.25, 0.3) is 0 Å². The van der Waals surface area contributed by atoms with Gasteiger partial charge in [-0.3, -0.25) is 9.58 Å². The van der Waals surface area contributed by atoms with Gasteiger partial charge in [-0.15, -0.1) is 0 Å². The standard InChI is InChI=1S/C19H25N5/c1-2-24-16-19(14-21-24)7-8-22-9-11-23(12-10-22)15-18-5-3-17(13-20)4-6-18/h3-6,14,16H,2,7-12,15H2,1H3. The molecule has 5 nitrogen and oxygen atoms in total. The summed E-state index contributed by atoms with van der Waals surface area (Å²) in [5.41, 5.74) is 3.35. The first-order valence-corrected chi connectivity index (χ1v) is 8.72. The Balaban J connectivity index is 1.41. The van der Waals surface area contributed by atoms with Crippen LogP contribution in [-0.2, 0) is 19.5 Å². The molecule has 0 aliphatic carbocycles. The summed E-state index contributed by atoms with van der Waals surface area (Å²) in [6.45, 7) is 9.60. The molecule has 1 aromatic carbocycles. The van der Waals surface area contributed by atoms with Crippen molar-refractivity contribution in [2.45, 2.75) is 26.4 Å². The number of aromatic nitrogens is 2. The van der Waals surface area contributed by atoms with Crippen LogP contribution in [0.3, 0.4) is 0 Å². The van der Waals surface area contributed by atoms with Gasteiger partial charge < -0.3 is 4.90 Å². The van der Waals surface area contributed by atoms with Crippen molar-refractivity contribution in [2.24, 2.45) is 0 Å². The van der Waals surface area contributed by atoms with E-state index in [2.05, 4.69) is 46.2 Å². The lowest BCUT2D eigenvalue weighted by atomic mass is 10.1. The molecule has 1 aliphatic heterocycles. The van der Waals surface area contributed by atoms with Gasteiger partial charge in [0.05, 0.1) is 17.8 Å². The van der Waals surface area contributed by atoms with Crippen LogP contribution >= 0.6 is 0 Å². The van der Waals surface area contributed by atoms with Crippen LogP contribution in [-0.4, -0.2) is 52.3 Å². The molecule has 1 saturated heterocycles. The Hall–Kier alpha value is -2.16. The van der Waals surface area contributed by atoms with Crippen molar-refractivity contribution in [3.8, 4) is 6.07 Å². The first kappa shape index (κ1) is 16.7. The normalized spacial score (nSPS) is 16.2. The predicted molar refractivity (Wildman–Crippen MR) is 94.5 cm³/mol. The number of nitrogens with zero attached hydrogens (tertiary/aromatic N) is 5. The van der Waals surface area contributed by atoms with Crippen LogP contribution in [0.4, 0.5) is 0 Å².